The molecule has 2 aliphatic rings. The van der Waals surface area contributed by atoms with E-state index in [9.17, 15) is 22.8 Å². The molecule has 2 aromatic heterocycles. The monoisotopic (exact) mass is 523 g/mol. The van der Waals surface area contributed by atoms with Crippen LogP contribution in [0.15, 0.2) is 41.1 Å². The zero-order valence-corrected chi connectivity index (χ0v) is 19.0. The van der Waals surface area contributed by atoms with Gasteiger partial charge in [-0.25, -0.2) is 13.2 Å². The summed E-state index contributed by atoms with van der Waals surface area (Å²) < 4.78 is 46.0. The molecule has 2 amide bonds. The highest BCUT2D eigenvalue weighted by Gasteiger charge is 2.57. The normalized spacial score (nSPS) is 21.2. The van der Waals surface area contributed by atoms with Gasteiger partial charge in [0.15, 0.2) is 0 Å². The third-order valence-corrected chi connectivity index (χ3v) is 7.20. The summed E-state index contributed by atoms with van der Waals surface area (Å²) in [6.45, 7) is -0.764. The number of benzene rings is 1. The number of aromatic amines is 1. The summed E-state index contributed by atoms with van der Waals surface area (Å²) in [6.07, 6.45) is 4.46. The molecule has 1 saturated heterocycles. The summed E-state index contributed by atoms with van der Waals surface area (Å²) in [5, 5.41) is 6.89. The van der Waals surface area contributed by atoms with Gasteiger partial charge in [-0.05, 0) is 59.5 Å². The molecule has 7 nitrogen and oxygen atoms in total. The van der Waals surface area contributed by atoms with Crippen LogP contribution in [0.1, 0.15) is 29.8 Å². The van der Waals surface area contributed by atoms with E-state index in [4.69, 9.17) is 0 Å². The first-order valence-electron chi connectivity index (χ1n) is 10.6. The zero-order valence-electron chi connectivity index (χ0n) is 17.5. The fourth-order valence-electron chi connectivity index (χ4n) is 4.47. The lowest BCUT2D eigenvalue weighted by Gasteiger charge is -2.39. The molecule has 1 aliphatic carbocycles. The van der Waals surface area contributed by atoms with E-state index in [2.05, 4.69) is 31.3 Å². The van der Waals surface area contributed by atoms with Crippen LogP contribution in [-0.2, 0) is 10.3 Å². The Morgan fingerprint density at radius 2 is 2.09 bits per heavy atom. The average molecular weight is 524 g/mol. The fraction of sp³-hybridized carbons (Fsp3) is 0.409. The van der Waals surface area contributed by atoms with Crippen molar-refractivity contribution in [2.45, 2.75) is 30.7 Å². The number of likely N-dealkylation sites (tertiary alicyclic amines) is 1. The van der Waals surface area contributed by atoms with E-state index in [0.717, 1.165) is 0 Å². The number of rotatable bonds is 5. The van der Waals surface area contributed by atoms with Crippen LogP contribution < -0.4 is 5.32 Å². The molecule has 0 radical (unpaired) electrons. The quantitative estimate of drug-likeness (QED) is 0.535. The number of fused-ring (bicyclic) bond motifs is 1. The van der Waals surface area contributed by atoms with E-state index in [0.29, 0.717) is 22.8 Å². The van der Waals surface area contributed by atoms with Crippen LogP contribution in [0.2, 0.25) is 0 Å². The van der Waals surface area contributed by atoms with Crippen LogP contribution in [-0.4, -0.2) is 57.0 Å². The van der Waals surface area contributed by atoms with Crippen molar-refractivity contribution in [3.05, 3.63) is 52.6 Å². The highest BCUT2D eigenvalue weighted by Crippen LogP contribution is 2.46. The number of carbonyl (C=O) groups is 2. The highest BCUT2D eigenvalue weighted by atomic mass is 79.9. The van der Waals surface area contributed by atoms with Crippen molar-refractivity contribution in [2.24, 2.45) is 5.92 Å². The van der Waals surface area contributed by atoms with Crippen molar-refractivity contribution in [1.82, 2.24) is 25.0 Å². The van der Waals surface area contributed by atoms with Crippen molar-refractivity contribution >= 4 is 38.6 Å². The first-order chi connectivity index (χ1) is 15.7. The van der Waals surface area contributed by atoms with Gasteiger partial charge in [-0.15, -0.1) is 0 Å². The summed E-state index contributed by atoms with van der Waals surface area (Å²) in [4.78, 5) is 29.6. The van der Waals surface area contributed by atoms with Gasteiger partial charge in [-0.1, -0.05) is 0 Å². The summed E-state index contributed by atoms with van der Waals surface area (Å²) >= 11 is 3.29. The lowest BCUT2D eigenvalue weighted by molar-refractivity contribution is -0.154. The zero-order chi connectivity index (χ0) is 23.4. The Labute approximate surface area is 195 Å². The molecule has 1 atom stereocenters. The van der Waals surface area contributed by atoms with Gasteiger partial charge >= 0.3 is 0 Å². The number of halogens is 4. The third-order valence-electron chi connectivity index (χ3n) is 6.54. The van der Waals surface area contributed by atoms with E-state index >= 15 is 0 Å². The third kappa shape index (κ3) is 3.81. The van der Waals surface area contributed by atoms with Gasteiger partial charge in [0.2, 0.25) is 0 Å². The topological polar surface area (TPSA) is 83.0 Å². The van der Waals surface area contributed by atoms with Gasteiger partial charge < -0.3 is 15.2 Å². The molecular weight excluding hydrogens is 503 g/mol. The minimum absolute atomic E-state index is 0.0566. The Morgan fingerprint density at radius 1 is 1.30 bits per heavy atom. The largest absolute Gasteiger partial charge is 0.350 e. The molecule has 5 rings (SSSR count). The lowest BCUT2D eigenvalue weighted by Crippen LogP contribution is -2.56. The molecule has 3 aromatic rings. The average Bonchev–Trinajstić information content (AvgIpc) is 3.20. The fourth-order valence-corrected chi connectivity index (χ4v) is 4.91. The van der Waals surface area contributed by atoms with Gasteiger partial charge in [0, 0.05) is 41.3 Å². The molecule has 1 aliphatic heterocycles. The van der Waals surface area contributed by atoms with Crippen molar-refractivity contribution in [3.8, 4) is 0 Å². The number of hydrogen-bond acceptors (Lipinski definition) is 3. The van der Waals surface area contributed by atoms with Crippen LogP contribution in [0, 0.1) is 11.7 Å². The SMILES string of the molecule is O=C(NCC1CCN(C(=O)C2(n3cccn3)CC2)CC1(F)F)c1cc2c(F)ccc(Br)c2[nH]1. The maximum Gasteiger partial charge on any atom is 0.269 e. The first kappa shape index (κ1) is 22.0. The predicted molar refractivity (Wildman–Crippen MR) is 117 cm³/mol. The van der Waals surface area contributed by atoms with Gasteiger partial charge in [-0.2, -0.15) is 5.10 Å². The second-order valence-corrected chi connectivity index (χ2v) is 9.52. The van der Waals surface area contributed by atoms with E-state index in [1.807, 2.05) is 0 Å². The van der Waals surface area contributed by atoms with E-state index in [-0.39, 0.29) is 36.5 Å². The van der Waals surface area contributed by atoms with E-state index < -0.39 is 35.6 Å². The van der Waals surface area contributed by atoms with Crippen LogP contribution in [0.25, 0.3) is 10.9 Å². The number of amides is 2. The standard InChI is InChI=1S/C22H21BrF3N5O2/c23-15-2-3-16(24)14-10-17(29-18(14)15)19(32)27-11-13-4-9-30(12-22(13,25)26)20(33)21(5-6-21)31-8-1-7-28-31/h1-3,7-8,10,13,29H,4-6,9,11-12H2,(H,27,32). The smallest absolute Gasteiger partial charge is 0.269 e. The number of aromatic nitrogens is 3. The maximum absolute atomic E-state index is 14.9. The number of hydrogen-bond donors (Lipinski definition) is 2. The summed E-state index contributed by atoms with van der Waals surface area (Å²) in [6, 6.07) is 5.85. The number of H-pyrrole nitrogens is 1. The molecule has 33 heavy (non-hydrogen) atoms. The van der Waals surface area contributed by atoms with Crippen molar-refractivity contribution in [1.29, 1.82) is 0 Å². The molecule has 3 heterocycles. The lowest BCUT2D eigenvalue weighted by atomic mass is 9.92. The molecular formula is C22H21BrF3N5O2. The minimum atomic E-state index is -3.16. The van der Waals surface area contributed by atoms with Gasteiger partial charge in [0.05, 0.1) is 12.1 Å². The Bertz CT molecular complexity index is 1180. The molecule has 1 unspecified atom stereocenters. The molecule has 0 spiro atoms. The first-order valence-corrected chi connectivity index (χ1v) is 11.4. The Balaban J connectivity index is 1.23. The Kier molecular flexibility index (Phi) is 5.26. The summed E-state index contributed by atoms with van der Waals surface area (Å²) in [5.41, 5.74) is -0.343. The Hall–Kier alpha value is -2.82. The second-order valence-electron chi connectivity index (χ2n) is 8.67. The molecule has 2 fully saturated rings. The minimum Gasteiger partial charge on any atom is -0.350 e. The second kappa shape index (κ2) is 7.89. The predicted octanol–water partition coefficient (Wildman–Crippen LogP) is 3.67. The number of piperidine rings is 1. The van der Waals surface area contributed by atoms with Crippen LogP contribution in [0.4, 0.5) is 13.2 Å². The van der Waals surface area contributed by atoms with Crippen molar-refractivity contribution in [3.63, 3.8) is 0 Å². The highest BCUT2D eigenvalue weighted by molar-refractivity contribution is 9.10. The van der Waals surface area contributed by atoms with Crippen LogP contribution in [0.5, 0.6) is 0 Å². The van der Waals surface area contributed by atoms with Crippen molar-refractivity contribution < 1.29 is 22.8 Å². The molecule has 1 aromatic carbocycles. The molecule has 2 N–H and O–H groups in total. The number of carbonyl (C=O) groups excluding carboxylic acids is 2. The maximum atomic E-state index is 14.9. The van der Waals surface area contributed by atoms with E-state index in [1.54, 1.807) is 23.1 Å². The Morgan fingerprint density at radius 3 is 2.73 bits per heavy atom. The van der Waals surface area contributed by atoms with Gasteiger partial charge in [0.1, 0.15) is 17.1 Å². The molecule has 11 heteroatoms. The van der Waals surface area contributed by atoms with Gasteiger partial charge in [0.25, 0.3) is 17.7 Å². The molecule has 174 valence electrons. The summed E-state index contributed by atoms with van der Waals surface area (Å²) in [7, 11) is 0. The number of nitrogens with zero attached hydrogens (tertiary/aromatic N) is 3. The van der Waals surface area contributed by atoms with Crippen molar-refractivity contribution in [2.75, 3.05) is 19.6 Å². The number of nitrogens with one attached hydrogen (secondary N) is 2. The van der Waals surface area contributed by atoms with Gasteiger partial charge in [-0.3, -0.25) is 14.3 Å². The molecule has 0 bridgehead atoms. The van der Waals surface area contributed by atoms with Crippen LogP contribution in [0.3, 0.4) is 0 Å². The number of alkyl halides is 2. The van der Waals surface area contributed by atoms with Crippen LogP contribution >= 0.6 is 15.9 Å². The molecule has 1 saturated carbocycles. The summed E-state index contributed by atoms with van der Waals surface area (Å²) in [5.74, 6) is -5.69. The van der Waals surface area contributed by atoms with E-state index in [1.165, 1.54) is 23.1 Å².